The van der Waals surface area contributed by atoms with Gasteiger partial charge in [-0.1, -0.05) is 24.3 Å². The lowest BCUT2D eigenvalue weighted by molar-refractivity contribution is -0.116. The quantitative estimate of drug-likeness (QED) is 0.656. The molecule has 1 amide bonds. The Morgan fingerprint density at radius 3 is 2.85 bits per heavy atom. The maximum atomic E-state index is 13.7. The van der Waals surface area contributed by atoms with Crippen molar-refractivity contribution in [3.8, 4) is 10.4 Å². The molecule has 0 atom stereocenters. The zero-order valence-corrected chi connectivity index (χ0v) is 11.6. The van der Waals surface area contributed by atoms with E-state index in [2.05, 4.69) is 11.9 Å². The molecule has 2 rings (SSSR count). The molecular weight excluding hydrogens is 273 g/mol. The second kappa shape index (κ2) is 6.82. The Bertz CT molecular complexity index is 645. The second-order valence-corrected chi connectivity index (χ2v) is 5.16. The fraction of sp³-hybridized carbons (Fsp3) is 0.0625. The molecule has 0 spiro atoms. The number of carbonyl (C=O) groups is 1. The van der Waals surface area contributed by atoms with Crippen molar-refractivity contribution < 1.29 is 9.18 Å². The lowest BCUT2D eigenvalue weighted by atomic mass is 10.2. The van der Waals surface area contributed by atoms with Gasteiger partial charge in [-0.05, 0) is 24.3 Å². The van der Waals surface area contributed by atoms with Gasteiger partial charge < -0.3 is 5.32 Å². The molecule has 0 saturated carbocycles. The maximum Gasteiger partial charge on any atom is 0.244 e. The summed E-state index contributed by atoms with van der Waals surface area (Å²) in [5, 5.41) is 2.65. The van der Waals surface area contributed by atoms with Crippen LogP contribution in [0.2, 0.25) is 0 Å². The highest BCUT2D eigenvalue weighted by Crippen LogP contribution is 2.30. The molecule has 0 saturated heterocycles. The zero-order valence-electron chi connectivity index (χ0n) is 10.8. The monoisotopic (exact) mass is 287 g/mol. The molecule has 1 N–H and O–H groups in total. The van der Waals surface area contributed by atoms with E-state index in [1.807, 2.05) is 12.1 Å². The third-order valence-electron chi connectivity index (χ3n) is 2.59. The van der Waals surface area contributed by atoms with Gasteiger partial charge in [-0.15, -0.1) is 17.9 Å². The Labute approximate surface area is 121 Å². The fourth-order valence-electron chi connectivity index (χ4n) is 1.64. The summed E-state index contributed by atoms with van der Waals surface area (Å²) in [5.74, 6) is -0.417. The number of thiophene rings is 1. The number of hydrogen-bond acceptors (Lipinski definition) is 2. The van der Waals surface area contributed by atoms with Gasteiger partial charge in [0.15, 0.2) is 0 Å². The van der Waals surface area contributed by atoms with Crippen LogP contribution in [0.3, 0.4) is 0 Å². The first-order valence-electron chi connectivity index (χ1n) is 6.12. The third-order valence-corrected chi connectivity index (χ3v) is 3.67. The van der Waals surface area contributed by atoms with Gasteiger partial charge in [0.05, 0.1) is 0 Å². The third kappa shape index (κ3) is 3.65. The molecule has 4 heteroatoms. The fourth-order valence-corrected chi connectivity index (χ4v) is 2.58. The van der Waals surface area contributed by atoms with Gasteiger partial charge in [-0.2, -0.15) is 0 Å². The lowest BCUT2D eigenvalue weighted by Crippen LogP contribution is -2.20. The van der Waals surface area contributed by atoms with E-state index >= 15 is 0 Å². The molecule has 0 bridgehead atoms. The van der Waals surface area contributed by atoms with Crippen molar-refractivity contribution in [1.82, 2.24) is 5.32 Å². The SMILES string of the molecule is C=CCNC(=O)/C=C/c1ccc(-c2ccccc2F)s1. The van der Waals surface area contributed by atoms with Gasteiger partial charge in [0.1, 0.15) is 5.82 Å². The number of amides is 1. The predicted octanol–water partition coefficient (Wildman–Crippen LogP) is 3.87. The van der Waals surface area contributed by atoms with Crippen LogP contribution in [0.15, 0.2) is 55.1 Å². The van der Waals surface area contributed by atoms with Crippen LogP contribution in [0.5, 0.6) is 0 Å². The summed E-state index contributed by atoms with van der Waals surface area (Å²) < 4.78 is 13.7. The largest absolute Gasteiger partial charge is 0.349 e. The van der Waals surface area contributed by atoms with Crippen LogP contribution in [0.4, 0.5) is 4.39 Å². The first kappa shape index (κ1) is 14.2. The highest BCUT2D eigenvalue weighted by molar-refractivity contribution is 7.16. The summed E-state index contributed by atoms with van der Waals surface area (Å²) in [7, 11) is 0. The molecule has 0 aliphatic rings. The Kier molecular flexibility index (Phi) is 4.85. The number of hydrogen-bond donors (Lipinski definition) is 1. The van der Waals surface area contributed by atoms with Gasteiger partial charge in [0.2, 0.25) is 5.91 Å². The molecule has 2 nitrogen and oxygen atoms in total. The summed E-state index contributed by atoms with van der Waals surface area (Å²) >= 11 is 1.44. The average molecular weight is 287 g/mol. The molecule has 1 aromatic carbocycles. The molecule has 0 aliphatic carbocycles. The number of halogens is 1. The van der Waals surface area contributed by atoms with E-state index in [1.54, 1.807) is 30.4 Å². The smallest absolute Gasteiger partial charge is 0.244 e. The highest BCUT2D eigenvalue weighted by Gasteiger charge is 2.06. The topological polar surface area (TPSA) is 29.1 Å². The van der Waals surface area contributed by atoms with Crippen molar-refractivity contribution in [2.75, 3.05) is 6.54 Å². The van der Waals surface area contributed by atoms with Gasteiger partial charge >= 0.3 is 0 Å². The van der Waals surface area contributed by atoms with Gasteiger partial charge in [0, 0.05) is 27.9 Å². The van der Waals surface area contributed by atoms with Crippen LogP contribution in [0.1, 0.15) is 4.88 Å². The summed E-state index contributed by atoms with van der Waals surface area (Å²) in [6, 6.07) is 10.4. The van der Waals surface area contributed by atoms with Gasteiger partial charge in [-0.25, -0.2) is 4.39 Å². The zero-order chi connectivity index (χ0) is 14.4. The first-order chi connectivity index (χ1) is 9.70. The van der Waals surface area contributed by atoms with Crippen LogP contribution < -0.4 is 5.32 Å². The summed E-state index contributed by atoms with van der Waals surface area (Å²) in [4.78, 5) is 13.1. The Morgan fingerprint density at radius 1 is 1.30 bits per heavy atom. The molecule has 20 heavy (non-hydrogen) atoms. The van der Waals surface area contributed by atoms with E-state index in [4.69, 9.17) is 0 Å². The molecule has 2 aromatic rings. The second-order valence-electron chi connectivity index (χ2n) is 4.05. The molecule has 102 valence electrons. The minimum Gasteiger partial charge on any atom is -0.349 e. The number of benzene rings is 1. The molecule has 0 unspecified atom stereocenters. The Morgan fingerprint density at radius 2 is 2.10 bits per heavy atom. The van der Waals surface area contributed by atoms with Crippen molar-refractivity contribution >= 4 is 23.3 Å². The molecule has 1 aromatic heterocycles. The predicted molar refractivity (Wildman–Crippen MR) is 82.0 cm³/mol. The molecular formula is C16H14FNOS. The minimum atomic E-state index is -0.242. The van der Waals surface area contributed by atoms with Crippen molar-refractivity contribution in [2.45, 2.75) is 0 Å². The average Bonchev–Trinajstić information content (AvgIpc) is 2.92. The van der Waals surface area contributed by atoms with Crippen LogP contribution in [-0.2, 0) is 4.79 Å². The highest BCUT2D eigenvalue weighted by atomic mass is 32.1. The van der Waals surface area contributed by atoms with Crippen LogP contribution in [0.25, 0.3) is 16.5 Å². The number of rotatable bonds is 5. The standard InChI is InChI=1S/C16H14FNOS/c1-2-11-18-16(19)10-8-12-7-9-15(20-12)13-5-3-4-6-14(13)17/h2-10H,1,11H2,(H,18,19)/b10-8+. The summed E-state index contributed by atoms with van der Waals surface area (Å²) in [6.45, 7) is 3.96. The van der Waals surface area contributed by atoms with Crippen LogP contribution in [-0.4, -0.2) is 12.5 Å². The first-order valence-corrected chi connectivity index (χ1v) is 6.94. The maximum absolute atomic E-state index is 13.7. The van der Waals surface area contributed by atoms with E-state index in [1.165, 1.54) is 23.5 Å². The minimum absolute atomic E-state index is 0.175. The number of nitrogens with one attached hydrogen (secondary N) is 1. The van der Waals surface area contributed by atoms with Crippen molar-refractivity contribution in [1.29, 1.82) is 0 Å². The Hall–Kier alpha value is -2.20. The molecule has 1 heterocycles. The van der Waals surface area contributed by atoms with Gasteiger partial charge in [-0.3, -0.25) is 4.79 Å². The van der Waals surface area contributed by atoms with E-state index in [0.717, 1.165) is 9.75 Å². The van der Waals surface area contributed by atoms with E-state index in [0.29, 0.717) is 12.1 Å². The normalized spacial score (nSPS) is 10.7. The van der Waals surface area contributed by atoms with Gasteiger partial charge in [0.25, 0.3) is 0 Å². The van der Waals surface area contributed by atoms with E-state index < -0.39 is 0 Å². The molecule has 0 aliphatic heterocycles. The molecule has 0 fully saturated rings. The lowest BCUT2D eigenvalue weighted by Gasteiger charge is -1.98. The van der Waals surface area contributed by atoms with Crippen LogP contribution >= 0.6 is 11.3 Å². The van der Waals surface area contributed by atoms with Crippen molar-refractivity contribution in [2.24, 2.45) is 0 Å². The van der Waals surface area contributed by atoms with Crippen LogP contribution in [0, 0.1) is 5.82 Å². The number of carbonyl (C=O) groups excluding carboxylic acids is 1. The Balaban J connectivity index is 2.10. The van der Waals surface area contributed by atoms with E-state index in [-0.39, 0.29) is 11.7 Å². The summed E-state index contributed by atoms with van der Waals surface area (Å²) in [6.07, 6.45) is 4.79. The van der Waals surface area contributed by atoms with Crippen molar-refractivity contribution in [3.05, 3.63) is 65.8 Å². The molecule has 0 radical (unpaired) electrons. The summed E-state index contributed by atoms with van der Waals surface area (Å²) in [5.41, 5.74) is 0.577. The van der Waals surface area contributed by atoms with E-state index in [9.17, 15) is 9.18 Å². The van der Waals surface area contributed by atoms with Crippen molar-refractivity contribution in [3.63, 3.8) is 0 Å².